The van der Waals surface area contributed by atoms with E-state index in [0.717, 1.165) is 11.1 Å². The van der Waals surface area contributed by atoms with Gasteiger partial charge in [-0.25, -0.2) is 4.79 Å². The Kier molecular flexibility index (Phi) is 21.9. The Morgan fingerprint density at radius 3 is 2.01 bits per heavy atom. The Hall–Kier alpha value is -8.41. The molecule has 8 rings (SSSR count). The molecule has 3 aliphatic rings. The molecule has 4 aromatic carbocycles. The number of amides is 6. The number of epoxide rings is 1. The van der Waals surface area contributed by atoms with Crippen LogP contribution in [-0.2, 0) is 46.3 Å². The number of nitrogens with zero attached hydrogens (tertiary/aromatic N) is 6. The van der Waals surface area contributed by atoms with Crippen LogP contribution >= 0.6 is 0 Å². The van der Waals surface area contributed by atoms with E-state index in [1.165, 1.54) is 15.5 Å². The fourth-order valence-electron chi connectivity index (χ4n) is 10.5. The highest BCUT2D eigenvalue weighted by molar-refractivity contribution is 6.02. The number of aromatic nitrogens is 3. The molecular weight excluding hydrogens is 1100 g/mol. The van der Waals surface area contributed by atoms with E-state index in [0.29, 0.717) is 69.1 Å². The maximum absolute atomic E-state index is 14.5. The van der Waals surface area contributed by atoms with Crippen molar-refractivity contribution in [3.8, 4) is 34.3 Å². The van der Waals surface area contributed by atoms with Crippen LogP contribution in [0.25, 0.3) is 17.1 Å². The second-order valence-corrected chi connectivity index (χ2v) is 23.0. The number of benzene rings is 4. The van der Waals surface area contributed by atoms with Crippen molar-refractivity contribution in [2.45, 2.75) is 129 Å². The van der Waals surface area contributed by atoms with Gasteiger partial charge < -0.3 is 55.9 Å². The topological polar surface area (TPSA) is 293 Å². The van der Waals surface area contributed by atoms with Crippen LogP contribution in [0.15, 0.2) is 102 Å². The van der Waals surface area contributed by atoms with E-state index in [-0.39, 0.29) is 104 Å². The van der Waals surface area contributed by atoms with Crippen LogP contribution in [0.1, 0.15) is 107 Å². The maximum Gasteiger partial charge on any atom is 0.435 e. The van der Waals surface area contributed by atoms with Gasteiger partial charge in [-0.1, -0.05) is 93.5 Å². The van der Waals surface area contributed by atoms with Crippen molar-refractivity contribution in [2.75, 3.05) is 59.1 Å². The molecular formula is C63H81N11O12. The van der Waals surface area contributed by atoms with Gasteiger partial charge in [0.2, 0.25) is 29.5 Å². The number of piperidine rings is 1. The lowest BCUT2D eigenvalue weighted by Gasteiger charge is -2.31. The standard InChI is InChI=1S/C63H81N11O12/c1-8-64-61(81)57-70-69-56(48-35-47(40(4)5)52(75)36-53(48)76)74(57)44-20-22-45(23-21-44)85-46-25-27-73(28-26-46)62(82)86-71-55(63(7)38-84-63)41(6)65-59(79)51(34-43-17-13-10-14-18-43)68-60(80)50(33-39(2)3)67-58(78)49(24-19-42-15-11-9-12-16-42)66-54(77)37-72-29-31-83-32-30-72/h9-18,20-23,35-36,39-41,46,49-51,75-76H,8,19,24-34,37-38H2,1-7H3,(H,64,81)(H,65,79)(H,66,77)(H,67,78)(H,68,80)/b71-55-/t41-,49-,50-,51-,63+/m0/s1. The predicted molar refractivity (Wildman–Crippen MR) is 321 cm³/mol. The molecule has 5 aromatic rings. The van der Waals surface area contributed by atoms with Gasteiger partial charge in [-0.15, -0.1) is 10.2 Å². The molecule has 86 heavy (non-hydrogen) atoms. The number of ether oxygens (including phenoxy) is 3. The van der Waals surface area contributed by atoms with Crippen LogP contribution in [0.4, 0.5) is 4.79 Å². The third-order valence-electron chi connectivity index (χ3n) is 15.4. The van der Waals surface area contributed by atoms with Gasteiger partial charge in [0.15, 0.2) is 5.82 Å². The zero-order chi connectivity index (χ0) is 61.5. The summed E-state index contributed by atoms with van der Waals surface area (Å²) < 4.78 is 19.1. The lowest BCUT2D eigenvalue weighted by atomic mass is 9.98. The van der Waals surface area contributed by atoms with E-state index in [4.69, 9.17) is 19.0 Å². The number of hydrogen-bond donors (Lipinski definition) is 7. The summed E-state index contributed by atoms with van der Waals surface area (Å²) in [6.45, 7) is 16.4. The smallest absolute Gasteiger partial charge is 0.435 e. The summed E-state index contributed by atoms with van der Waals surface area (Å²) >= 11 is 0. The lowest BCUT2D eigenvalue weighted by Crippen LogP contribution is -2.59. The van der Waals surface area contributed by atoms with Gasteiger partial charge in [-0.3, -0.25) is 38.3 Å². The van der Waals surface area contributed by atoms with E-state index in [1.54, 1.807) is 51.1 Å². The second-order valence-electron chi connectivity index (χ2n) is 23.0. The SMILES string of the molecule is CCNC(=O)c1nnc(-c2cc(C(C)C)c(O)cc2O)n1-c1ccc(OC2CCN(C(=O)O/N=C(/[C@H](C)NC(=O)[C@H](Cc3ccccc3)NC(=O)[C@H](CC(C)C)NC(=O)[C@H](CCc3ccccc3)NC(=O)CN3CCOCC3)[C@@]3(C)CO3)CC2)cc1. The van der Waals surface area contributed by atoms with Crippen molar-refractivity contribution < 1.29 is 58.0 Å². The molecule has 3 aliphatic heterocycles. The van der Waals surface area contributed by atoms with Gasteiger partial charge in [0.1, 0.15) is 52.8 Å². The van der Waals surface area contributed by atoms with Crippen molar-refractivity contribution in [3.63, 3.8) is 0 Å². The number of carbonyl (C=O) groups excluding carboxylic acids is 6. The van der Waals surface area contributed by atoms with Crippen molar-refractivity contribution in [1.82, 2.24) is 51.1 Å². The first-order valence-electron chi connectivity index (χ1n) is 29.6. The van der Waals surface area contributed by atoms with Crippen LogP contribution in [0.2, 0.25) is 0 Å². The van der Waals surface area contributed by atoms with Gasteiger partial charge in [0, 0.05) is 63.7 Å². The number of phenolic OH excluding ortho intramolecular Hbond substituents is 2. The van der Waals surface area contributed by atoms with Crippen molar-refractivity contribution in [3.05, 3.63) is 120 Å². The molecule has 23 nitrogen and oxygen atoms in total. The minimum Gasteiger partial charge on any atom is -0.508 e. The molecule has 460 valence electrons. The number of carbonyl (C=O) groups is 6. The van der Waals surface area contributed by atoms with Crippen LogP contribution in [0.5, 0.6) is 17.2 Å². The van der Waals surface area contributed by atoms with Crippen LogP contribution in [-0.4, -0.2) is 171 Å². The van der Waals surface area contributed by atoms with E-state index in [9.17, 15) is 39.0 Å². The molecule has 7 N–H and O–H groups in total. The number of oxime groups is 1. The van der Waals surface area contributed by atoms with Crippen molar-refractivity contribution in [1.29, 1.82) is 0 Å². The quantitative estimate of drug-likeness (QED) is 0.0154. The van der Waals surface area contributed by atoms with E-state index in [1.807, 2.05) is 93.3 Å². The Morgan fingerprint density at radius 2 is 1.38 bits per heavy atom. The largest absolute Gasteiger partial charge is 0.508 e. The lowest BCUT2D eigenvalue weighted by molar-refractivity contribution is -0.134. The van der Waals surface area contributed by atoms with E-state index >= 15 is 0 Å². The summed E-state index contributed by atoms with van der Waals surface area (Å²) in [7, 11) is 0. The molecule has 0 spiro atoms. The van der Waals surface area contributed by atoms with Gasteiger partial charge >= 0.3 is 6.09 Å². The average molecular weight is 1180 g/mol. The summed E-state index contributed by atoms with van der Waals surface area (Å²) in [6, 6.07) is 24.7. The Balaban J connectivity index is 0.896. The van der Waals surface area contributed by atoms with Crippen LogP contribution < -0.4 is 31.3 Å². The molecule has 5 atom stereocenters. The number of nitrogens with one attached hydrogen (secondary N) is 5. The fraction of sp³-hybridized carbons (Fsp3) is 0.476. The summed E-state index contributed by atoms with van der Waals surface area (Å²) in [4.78, 5) is 92.5. The van der Waals surface area contributed by atoms with Gasteiger partial charge in [-0.05, 0) is 98.9 Å². The fourth-order valence-corrected chi connectivity index (χ4v) is 10.5. The molecule has 4 heterocycles. The summed E-state index contributed by atoms with van der Waals surface area (Å²) in [6.07, 6.45) is 1.08. The predicted octanol–water partition coefficient (Wildman–Crippen LogP) is 5.56. The summed E-state index contributed by atoms with van der Waals surface area (Å²) in [5, 5.41) is 48.8. The maximum atomic E-state index is 14.5. The number of phenols is 2. The van der Waals surface area contributed by atoms with E-state index < -0.39 is 59.5 Å². The molecule has 0 aliphatic carbocycles. The third-order valence-corrected chi connectivity index (χ3v) is 15.4. The monoisotopic (exact) mass is 1180 g/mol. The van der Waals surface area contributed by atoms with Gasteiger partial charge in [0.05, 0.1) is 38.0 Å². The number of aryl methyl sites for hydroxylation is 1. The molecule has 0 unspecified atom stereocenters. The Labute approximate surface area is 501 Å². The normalized spacial score (nSPS) is 17.9. The number of hydrogen-bond acceptors (Lipinski definition) is 16. The summed E-state index contributed by atoms with van der Waals surface area (Å²) in [5.41, 5.74) is 2.44. The number of rotatable bonds is 26. The molecule has 23 heteroatoms. The number of likely N-dealkylation sites (tertiary alicyclic amines) is 1. The van der Waals surface area contributed by atoms with Gasteiger partial charge in [-0.2, -0.15) is 0 Å². The van der Waals surface area contributed by atoms with Crippen LogP contribution in [0, 0.1) is 5.92 Å². The zero-order valence-electron chi connectivity index (χ0n) is 50.0. The number of morpholine rings is 1. The first-order valence-corrected chi connectivity index (χ1v) is 29.6. The van der Waals surface area contributed by atoms with Crippen LogP contribution in [0.3, 0.4) is 0 Å². The molecule has 0 radical (unpaired) electrons. The van der Waals surface area contributed by atoms with E-state index in [2.05, 4.69) is 41.9 Å². The first-order chi connectivity index (χ1) is 41.3. The third kappa shape index (κ3) is 17.2. The Morgan fingerprint density at radius 1 is 0.756 bits per heavy atom. The average Bonchev–Trinajstić information content (AvgIpc) is 2.00. The minimum absolute atomic E-state index is 0.00313. The second kappa shape index (κ2) is 29.6. The highest BCUT2D eigenvalue weighted by Gasteiger charge is 2.48. The molecule has 0 saturated carbocycles. The van der Waals surface area contributed by atoms with Crippen molar-refractivity contribution >= 4 is 41.3 Å². The molecule has 0 bridgehead atoms. The highest BCUT2D eigenvalue weighted by Crippen LogP contribution is 2.39. The first kappa shape index (κ1) is 63.6. The molecule has 1 aromatic heterocycles. The highest BCUT2D eigenvalue weighted by atomic mass is 16.7. The zero-order valence-corrected chi connectivity index (χ0v) is 50.0. The van der Waals surface area contributed by atoms with Crippen molar-refractivity contribution in [2.24, 2.45) is 11.1 Å². The molecule has 3 saturated heterocycles. The summed E-state index contributed by atoms with van der Waals surface area (Å²) in [5.74, 6) is -2.12. The molecule has 3 fully saturated rings. The minimum atomic E-state index is -1.13. The van der Waals surface area contributed by atoms with Gasteiger partial charge in [0.25, 0.3) is 5.91 Å². The molecule has 6 amide bonds. The number of aromatic hydroxyl groups is 2. The Bertz CT molecular complexity index is 3160.